The van der Waals surface area contributed by atoms with Crippen molar-refractivity contribution in [2.75, 3.05) is 20.3 Å². The highest BCUT2D eigenvalue weighted by Crippen LogP contribution is 2.48. The molecule has 0 bridgehead atoms. The van der Waals surface area contributed by atoms with Crippen molar-refractivity contribution in [3.8, 4) is 0 Å². The van der Waals surface area contributed by atoms with Gasteiger partial charge in [-0.15, -0.1) is 0 Å². The normalized spacial score (nSPS) is 17.7. The summed E-state index contributed by atoms with van der Waals surface area (Å²) in [6.07, 6.45) is 7.96. The maximum Gasteiger partial charge on any atom is 0.0543 e. The molecule has 4 heteroatoms. The van der Waals surface area contributed by atoms with Crippen LogP contribution in [0.4, 0.5) is 0 Å². The highest BCUT2D eigenvalue weighted by Gasteiger charge is 2.41. The number of rotatable bonds is 7. The molecule has 1 heterocycles. The molecular formula is C15H27N3O. The zero-order valence-electron chi connectivity index (χ0n) is 12.7. The Morgan fingerprint density at radius 2 is 2.16 bits per heavy atom. The topological polar surface area (TPSA) is 39.1 Å². The Bertz CT molecular complexity index is 402. The second kappa shape index (κ2) is 5.63. The highest BCUT2D eigenvalue weighted by atomic mass is 16.5. The molecule has 1 aliphatic carbocycles. The van der Waals surface area contributed by atoms with E-state index in [1.807, 2.05) is 10.9 Å². The Labute approximate surface area is 116 Å². The monoisotopic (exact) mass is 265 g/mol. The number of hydrogen-bond donors (Lipinski definition) is 1. The molecule has 108 valence electrons. The first kappa shape index (κ1) is 14.5. The average Bonchev–Trinajstić information content (AvgIpc) is 2.92. The van der Waals surface area contributed by atoms with Crippen LogP contribution >= 0.6 is 0 Å². The molecule has 2 rings (SSSR count). The Morgan fingerprint density at radius 3 is 2.68 bits per heavy atom. The summed E-state index contributed by atoms with van der Waals surface area (Å²) in [5, 5.41) is 7.99. The van der Waals surface area contributed by atoms with Gasteiger partial charge in [0, 0.05) is 38.6 Å². The van der Waals surface area contributed by atoms with Crippen molar-refractivity contribution in [2.24, 2.45) is 5.41 Å². The molecule has 0 radical (unpaired) electrons. The van der Waals surface area contributed by atoms with Crippen molar-refractivity contribution in [3.05, 3.63) is 18.0 Å². The van der Waals surface area contributed by atoms with E-state index >= 15 is 0 Å². The van der Waals surface area contributed by atoms with Crippen molar-refractivity contribution in [2.45, 2.75) is 52.1 Å². The fourth-order valence-corrected chi connectivity index (χ4v) is 2.30. The highest BCUT2D eigenvalue weighted by molar-refractivity contribution is 5.05. The lowest BCUT2D eigenvalue weighted by Gasteiger charge is -2.18. The third kappa shape index (κ3) is 4.05. The standard InChI is InChI=1S/C15H27N3O/c1-14(2,3)18-11-13(10-17-18)9-16-12-15(5-6-15)7-8-19-4/h10-11,16H,5-9,12H2,1-4H3. The van der Waals surface area contributed by atoms with Crippen LogP contribution in [0.5, 0.6) is 0 Å². The van der Waals surface area contributed by atoms with Crippen LogP contribution < -0.4 is 5.32 Å². The summed E-state index contributed by atoms with van der Waals surface area (Å²) >= 11 is 0. The molecular weight excluding hydrogens is 238 g/mol. The summed E-state index contributed by atoms with van der Waals surface area (Å²) in [6, 6.07) is 0. The van der Waals surface area contributed by atoms with Gasteiger partial charge in [-0.2, -0.15) is 5.10 Å². The minimum Gasteiger partial charge on any atom is -0.385 e. The van der Waals surface area contributed by atoms with E-state index in [4.69, 9.17) is 4.74 Å². The molecule has 0 amide bonds. The molecule has 0 unspecified atom stereocenters. The van der Waals surface area contributed by atoms with E-state index in [0.717, 1.165) is 19.7 Å². The van der Waals surface area contributed by atoms with Gasteiger partial charge in [-0.3, -0.25) is 4.68 Å². The lowest BCUT2D eigenvalue weighted by molar-refractivity contribution is 0.171. The van der Waals surface area contributed by atoms with Crippen molar-refractivity contribution in [1.82, 2.24) is 15.1 Å². The van der Waals surface area contributed by atoms with Gasteiger partial charge in [0.2, 0.25) is 0 Å². The smallest absolute Gasteiger partial charge is 0.0543 e. The summed E-state index contributed by atoms with van der Waals surface area (Å²) in [4.78, 5) is 0. The van der Waals surface area contributed by atoms with Crippen molar-refractivity contribution in [3.63, 3.8) is 0 Å². The second-order valence-electron chi connectivity index (χ2n) is 6.81. The third-order valence-corrected chi connectivity index (χ3v) is 3.95. The van der Waals surface area contributed by atoms with E-state index < -0.39 is 0 Å². The third-order valence-electron chi connectivity index (χ3n) is 3.95. The van der Waals surface area contributed by atoms with E-state index in [9.17, 15) is 0 Å². The predicted octanol–water partition coefficient (Wildman–Crippen LogP) is 2.54. The van der Waals surface area contributed by atoms with Gasteiger partial charge < -0.3 is 10.1 Å². The molecule has 0 aromatic carbocycles. The first-order valence-electron chi connectivity index (χ1n) is 7.19. The number of nitrogens with zero attached hydrogens (tertiary/aromatic N) is 2. The minimum atomic E-state index is 0.0639. The molecule has 0 saturated heterocycles. The van der Waals surface area contributed by atoms with Gasteiger partial charge in [-0.05, 0) is 45.4 Å². The van der Waals surface area contributed by atoms with Gasteiger partial charge >= 0.3 is 0 Å². The maximum absolute atomic E-state index is 5.18. The van der Waals surface area contributed by atoms with Crippen molar-refractivity contribution < 1.29 is 4.74 Å². The molecule has 4 nitrogen and oxygen atoms in total. The lowest BCUT2D eigenvalue weighted by Crippen LogP contribution is -2.25. The zero-order valence-corrected chi connectivity index (χ0v) is 12.7. The summed E-state index contributed by atoms with van der Waals surface area (Å²) in [6.45, 7) is 9.38. The van der Waals surface area contributed by atoms with Gasteiger partial charge in [0.1, 0.15) is 0 Å². The Balaban J connectivity index is 1.76. The molecule has 0 aliphatic heterocycles. The summed E-state index contributed by atoms with van der Waals surface area (Å²) in [7, 11) is 1.78. The average molecular weight is 265 g/mol. The molecule has 1 aromatic rings. The largest absolute Gasteiger partial charge is 0.385 e. The number of ether oxygens (including phenoxy) is 1. The molecule has 0 spiro atoms. The SMILES string of the molecule is COCCC1(CNCc2cnn(C(C)(C)C)c2)CC1. The molecule has 1 saturated carbocycles. The van der Waals surface area contributed by atoms with Crippen molar-refractivity contribution in [1.29, 1.82) is 0 Å². The van der Waals surface area contributed by atoms with Crippen LogP contribution in [0.2, 0.25) is 0 Å². The lowest BCUT2D eigenvalue weighted by atomic mass is 10.0. The fraction of sp³-hybridized carbons (Fsp3) is 0.800. The Hall–Kier alpha value is -0.870. The van der Waals surface area contributed by atoms with Crippen LogP contribution in [0.15, 0.2) is 12.4 Å². The van der Waals surface area contributed by atoms with Gasteiger partial charge in [0.15, 0.2) is 0 Å². The first-order chi connectivity index (χ1) is 8.95. The van der Waals surface area contributed by atoms with Gasteiger partial charge in [-0.25, -0.2) is 0 Å². The van der Waals surface area contributed by atoms with Crippen LogP contribution in [0.25, 0.3) is 0 Å². The zero-order chi connectivity index (χ0) is 13.9. The number of aromatic nitrogens is 2. The molecule has 0 atom stereocenters. The maximum atomic E-state index is 5.18. The van der Waals surface area contributed by atoms with Gasteiger partial charge in [0.25, 0.3) is 0 Å². The molecule has 1 N–H and O–H groups in total. The molecule has 1 aliphatic rings. The van der Waals surface area contributed by atoms with Crippen molar-refractivity contribution >= 4 is 0 Å². The summed E-state index contributed by atoms with van der Waals surface area (Å²) < 4.78 is 7.21. The van der Waals surface area contributed by atoms with E-state index in [1.54, 1.807) is 7.11 Å². The van der Waals surface area contributed by atoms with Crippen LogP contribution in [0, 0.1) is 5.41 Å². The van der Waals surface area contributed by atoms with E-state index in [0.29, 0.717) is 5.41 Å². The van der Waals surface area contributed by atoms with Crippen LogP contribution in [0.1, 0.15) is 45.6 Å². The summed E-state index contributed by atoms with van der Waals surface area (Å²) in [5.74, 6) is 0. The van der Waals surface area contributed by atoms with Gasteiger partial charge in [0.05, 0.1) is 11.7 Å². The summed E-state index contributed by atoms with van der Waals surface area (Å²) in [5.41, 5.74) is 1.84. The fourth-order valence-electron chi connectivity index (χ4n) is 2.30. The second-order valence-corrected chi connectivity index (χ2v) is 6.81. The number of hydrogen-bond acceptors (Lipinski definition) is 3. The molecule has 19 heavy (non-hydrogen) atoms. The molecule has 1 aromatic heterocycles. The minimum absolute atomic E-state index is 0.0639. The quantitative estimate of drug-likeness (QED) is 0.823. The van der Waals surface area contributed by atoms with Crippen LogP contribution in [0.3, 0.4) is 0 Å². The Kier molecular flexibility index (Phi) is 4.31. The molecule has 1 fully saturated rings. The van der Waals surface area contributed by atoms with Gasteiger partial charge in [-0.1, -0.05) is 0 Å². The first-order valence-corrected chi connectivity index (χ1v) is 7.19. The number of nitrogens with one attached hydrogen (secondary N) is 1. The van der Waals surface area contributed by atoms with Crippen LogP contribution in [-0.2, 0) is 16.8 Å². The van der Waals surface area contributed by atoms with E-state index in [1.165, 1.54) is 24.8 Å². The predicted molar refractivity (Wildman–Crippen MR) is 77.1 cm³/mol. The number of methoxy groups -OCH3 is 1. The van der Waals surface area contributed by atoms with E-state index in [2.05, 4.69) is 37.4 Å². The van der Waals surface area contributed by atoms with Crippen LogP contribution in [-0.4, -0.2) is 30.0 Å². The Morgan fingerprint density at radius 1 is 1.42 bits per heavy atom. The van der Waals surface area contributed by atoms with E-state index in [-0.39, 0.29) is 5.54 Å².